The number of phenols is 1. The smallest absolute Gasteiger partial charge is 0.311 e. The number of para-hydroxylation sites is 1. The monoisotopic (exact) mass is 654 g/mol. The Morgan fingerprint density at radius 1 is 0.865 bits per heavy atom. The van der Waals surface area contributed by atoms with Gasteiger partial charge in [-0.2, -0.15) is 0 Å². The summed E-state index contributed by atoms with van der Waals surface area (Å²) in [6.45, 7) is 10.6. The Morgan fingerprint density at radius 3 is 1.92 bits per heavy atom. The normalized spacial score (nSPS) is 12.2. The highest BCUT2D eigenvalue weighted by atomic mass is 79.9. The van der Waals surface area contributed by atoms with Crippen LogP contribution in [0.15, 0.2) is 75.7 Å². The minimum absolute atomic E-state index is 0.00618. The van der Waals surface area contributed by atoms with Gasteiger partial charge in [0.2, 0.25) is 6.29 Å². The fourth-order valence-electron chi connectivity index (χ4n) is 2.73. The van der Waals surface area contributed by atoms with Crippen molar-refractivity contribution in [3.8, 4) is 11.5 Å². The SMILES string of the molecule is CC(C)(C)[Si](C)(C)OC(Oc1ccc(Br)cc1)c1ccccc1[N+](=O)[O-].O=[N+]([O-])c1cc(Br)ccc1O. The molecule has 0 fully saturated rings. The Balaban J connectivity index is 0.000000364. The maximum Gasteiger partial charge on any atom is 0.311 e. The van der Waals surface area contributed by atoms with Gasteiger partial charge in [0.05, 0.1) is 15.4 Å². The van der Waals surface area contributed by atoms with E-state index in [0.29, 0.717) is 15.8 Å². The quantitative estimate of drug-likeness (QED) is 0.117. The molecule has 0 radical (unpaired) electrons. The van der Waals surface area contributed by atoms with E-state index in [1.807, 2.05) is 12.1 Å². The van der Waals surface area contributed by atoms with Gasteiger partial charge in [-0.15, -0.1) is 0 Å². The number of benzene rings is 3. The molecule has 3 aromatic rings. The number of phenolic OH excluding ortho intramolecular Hbond substituents is 1. The van der Waals surface area contributed by atoms with E-state index in [-0.39, 0.29) is 22.2 Å². The third-order valence-corrected chi connectivity index (χ3v) is 11.2. The first-order valence-electron chi connectivity index (χ1n) is 11.1. The molecule has 9 nitrogen and oxygen atoms in total. The molecule has 0 amide bonds. The number of hydrogen-bond donors (Lipinski definition) is 1. The molecular weight excluding hydrogens is 628 g/mol. The molecule has 37 heavy (non-hydrogen) atoms. The third-order valence-electron chi connectivity index (χ3n) is 5.79. The zero-order valence-electron chi connectivity index (χ0n) is 21.0. The van der Waals surface area contributed by atoms with Crippen LogP contribution in [-0.4, -0.2) is 23.3 Å². The molecule has 0 heterocycles. The minimum Gasteiger partial charge on any atom is -0.502 e. The summed E-state index contributed by atoms with van der Waals surface area (Å²) in [5, 5.41) is 30.6. The number of aromatic hydroxyl groups is 1. The molecule has 0 aromatic heterocycles. The van der Waals surface area contributed by atoms with E-state index in [2.05, 4.69) is 65.7 Å². The second kappa shape index (κ2) is 12.6. The standard InChI is InChI=1S/C19H24BrNO4Si.C6H4BrNO3/c1-19(2,3)26(4,5)25-18(24-15-12-10-14(20)11-13-15)16-8-6-7-9-17(16)21(22)23;7-4-1-2-6(9)5(3-4)8(10)11/h6-13,18H,1-5H3;1-3,9H. The molecule has 3 aromatic carbocycles. The largest absolute Gasteiger partial charge is 0.502 e. The van der Waals surface area contributed by atoms with Crippen LogP contribution in [0, 0.1) is 20.2 Å². The predicted molar refractivity (Wildman–Crippen MR) is 151 cm³/mol. The Hall–Kier alpha value is -2.80. The van der Waals surface area contributed by atoms with Crippen LogP contribution in [0.4, 0.5) is 11.4 Å². The van der Waals surface area contributed by atoms with Crippen LogP contribution in [0.1, 0.15) is 32.6 Å². The zero-order valence-corrected chi connectivity index (χ0v) is 25.1. The summed E-state index contributed by atoms with van der Waals surface area (Å²) in [5.41, 5.74) is 0.123. The van der Waals surface area contributed by atoms with Crippen LogP contribution >= 0.6 is 31.9 Å². The van der Waals surface area contributed by atoms with Crippen LogP contribution in [0.5, 0.6) is 11.5 Å². The lowest BCUT2D eigenvalue weighted by Gasteiger charge is -2.39. The predicted octanol–water partition coefficient (Wildman–Crippen LogP) is 8.52. The van der Waals surface area contributed by atoms with E-state index < -0.39 is 24.5 Å². The number of hydrogen-bond acceptors (Lipinski definition) is 7. The lowest BCUT2D eigenvalue weighted by molar-refractivity contribution is -0.386. The molecule has 3 rings (SSSR count). The van der Waals surface area contributed by atoms with Crippen molar-refractivity contribution < 1.29 is 24.1 Å². The molecule has 1 atom stereocenters. The van der Waals surface area contributed by atoms with Crippen molar-refractivity contribution in [3.05, 3.63) is 101 Å². The van der Waals surface area contributed by atoms with Gasteiger partial charge >= 0.3 is 5.69 Å². The lowest BCUT2D eigenvalue weighted by atomic mass is 10.2. The molecule has 0 spiro atoms. The van der Waals surface area contributed by atoms with Crippen LogP contribution in [0.3, 0.4) is 0 Å². The summed E-state index contributed by atoms with van der Waals surface area (Å²) >= 11 is 6.44. The molecular formula is C25H28Br2N2O7Si. The van der Waals surface area contributed by atoms with Gasteiger partial charge in [0, 0.05) is 21.1 Å². The first-order chi connectivity index (χ1) is 17.1. The van der Waals surface area contributed by atoms with Crippen molar-refractivity contribution in [3.63, 3.8) is 0 Å². The summed E-state index contributed by atoms with van der Waals surface area (Å²) in [4.78, 5) is 20.6. The molecule has 0 bridgehead atoms. The lowest BCUT2D eigenvalue weighted by Crippen LogP contribution is -2.42. The van der Waals surface area contributed by atoms with Crippen molar-refractivity contribution in [2.24, 2.45) is 0 Å². The number of nitro groups is 2. The van der Waals surface area contributed by atoms with Gasteiger partial charge in [0.25, 0.3) is 5.69 Å². The summed E-state index contributed by atoms with van der Waals surface area (Å²) in [6.07, 6.45) is -0.848. The number of ether oxygens (including phenoxy) is 1. The summed E-state index contributed by atoms with van der Waals surface area (Å²) in [7, 11) is -2.23. The van der Waals surface area contributed by atoms with E-state index in [1.165, 1.54) is 24.3 Å². The first kappa shape index (κ1) is 30.4. The summed E-state index contributed by atoms with van der Waals surface area (Å²) < 4.78 is 14.0. The van der Waals surface area contributed by atoms with Crippen LogP contribution in [0.2, 0.25) is 18.1 Å². The van der Waals surface area contributed by atoms with Gasteiger partial charge in [-0.3, -0.25) is 20.2 Å². The topological polar surface area (TPSA) is 125 Å². The van der Waals surface area contributed by atoms with Gasteiger partial charge in [0.15, 0.2) is 14.1 Å². The Labute approximate surface area is 233 Å². The Kier molecular flexibility index (Phi) is 10.4. The molecule has 0 saturated carbocycles. The second-order valence-corrected chi connectivity index (χ2v) is 16.1. The van der Waals surface area contributed by atoms with Crippen molar-refractivity contribution in [1.82, 2.24) is 0 Å². The maximum atomic E-state index is 11.5. The summed E-state index contributed by atoms with van der Waals surface area (Å²) in [5.74, 6) is 0.272. The van der Waals surface area contributed by atoms with Gasteiger partial charge in [-0.05, 0) is 60.6 Å². The molecule has 12 heteroatoms. The van der Waals surface area contributed by atoms with E-state index in [0.717, 1.165) is 4.47 Å². The van der Waals surface area contributed by atoms with Crippen molar-refractivity contribution in [2.45, 2.75) is 45.2 Å². The van der Waals surface area contributed by atoms with Crippen LogP contribution in [-0.2, 0) is 4.43 Å². The van der Waals surface area contributed by atoms with Crippen molar-refractivity contribution >= 4 is 51.6 Å². The highest BCUT2D eigenvalue weighted by Gasteiger charge is 2.41. The van der Waals surface area contributed by atoms with E-state index in [4.69, 9.17) is 14.3 Å². The molecule has 0 aliphatic carbocycles. The minimum atomic E-state index is -2.23. The van der Waals surface area contributed by atoms with Crippen molar-refractivity contribution in [1.29, 1.82) is 0 Å². The van der Waals surface area contributed by atoms with Gasteiger partial charge in [0.1, 0.15) is 5.75 Å². The highest BCUT2D eigenvalue weighted by Crippen LogP contribution is 2.41. The van der Waals surface area contributed by atoms with Crippen LogP contribution in [0.25, 0.3) is 0 Å². The molecule has 0 aliphatic heterocycles. The molecule has 1 N–H and O–H groups in total. The number of nitro benzene ring substituents is 2. The van der Waals surface area contributed by atoms with E-state index in [9.17, 15) is 20.2 Å². The van der Waals surface area contributed by atoms with Gasteiger partial charge in [-0.25, -0.2) is 0 Å². The molecule has 0 saturated heterocycles. The van der Waals surface area contributed by atoms with Gasteiger partial charge in [-0.1, -0.05) is 64.8 Å². The number of halogens is 2. The third kappa shape index (κ3) is 8.63. The first-order valence-corrected chi connectivity index (χ1v) is 15.6. The average Bonchev–Trinajstić information content (AvgIpc) is 2.81. The molecule has 0 aliphatic rings. The molecule has 1 unspecified atom stereocenters. The highest BCUT2D eigenvalue weighted by molar-refractivity contribution is 9.10. The second-order valence-electron chi connectivity index (χ2n) is 9.49. The Bertz CT molecular complexity index is 1250. The van der Waals surface area contributed by atoms with Gasteiger partial charge < -0.3 is 14.3 Å². The maximum absolute atomic E-state index is 11.5. The fraction of sp³-hybridized carbons (Fsp3) is 0.280. The Morgan fingerprint density at radius 2 is 1.41 bits per heavy atom. The number of rotatable bonds is 7. The fourth-order valence-corrected chi connectivity index (χ4v) is 4.41. The van der Waals surface area contributed by atoms with Crippen molar-refractivity contribution in [2.75, 3.05) is 0 Å². The van der Waals surface area contributed by atoms with Crippen LogP contribution < -0.4 is 4.74 Å². The van der Waals surface area contributed by atoms with E-state index in [1.54, 1.807) is 30.3 Å². The summed E-state index contributed by atoms with van der Waals surface area (Å²) in [6, 6.07) is 17.9. The van der Waals surface area contributed by atoms with E-state index >= 15 is 0 Å². The zero-order chi connectivity index (χ0) is 28.0. The average molecular weight is 656 g/mol. The number of nitrogens with zero attached hydrogens (tertiary/aromatic N) is 2. The molecule has 198 valence electrons.